The smallest absolute Gasteiger partial charge is 0.0747 e. The number of hydrogen-bond donors (Lipinski definition) is 3. The summed E-state index contributed by atoms with van der Waals surface area (Å²) in [4.78, 5) is 0. The van der Waals surface area contributed by atoms with Gasteiger partial charge in [0.25, 0.3) is 0 Å². The molecule has 0 amide bonds. The van der Waals surface area contributed by atoms with Crippen LogP contribution in [0.3, 0.4) is 0 Å². The van der Waals surface area contributed by atoms with Crippen LogP contribution in [0.25, 0.3) is 0 Å². The maximum absolute atomic E-state index is 3.05. The Bertz CT molecular complexity index is 284. The van der Waals surface area contributed by atoms with Crippen LogP contribution in [-0.4, -0.2) is 0 Å². The van der Waals surface area contributed by atoms with Crippen LogP contribution in [0.4, 0.5) is 0 Å². The van der Waals surface area contributed by atoms with Gasteiger partial charge in [0.1, 0.15) is 0 Å². The van der Waals surface area contributed by atoms with Crippen molar-refractivity contribution in [3.63, 3.8) is 0 Å². The molecule has 0 bridgehead atoms. The summed E-state index contributed by atoms with van der Waals surface area (Å²) in [5.74, 6) is 0. The molecule has 3 heteroatoms. The average molecular weight is 163 g/mol. The minimum Gasteiger partial charge on any atom is -0.302 e. The van der Waals surface area contributed by atoms with Crippen LogP contribution >= 0.6 is 0 Å². The van der Waals surface area contributed by atoms with Gasteiger partial charge in [0.05, 0.1) is 11.4 Å². The van der Waals surface area contributed by atoms with Gasteiger partial charge in [0.15, 0.2) is 0 Å². The minimum absolute atomic E-state index is 0.119. The van der Waals surface area contributed by atoms with Gasteiger partial charge in [-0.05, 0) is 12.2 Å². The number of rotatable bonds is 0. The Morgan fingerprint density at radius 1 is 1.17 bits per heavy atom. The molecule has 0 saturated carbocycles. The molecule has 1 saturated heterocycles. The van der Waals surface area contributed by atoms with Crippen molar-refractivity contribution in [3.8, 4) is 0 Å². The van der Waals surface area contributed by atoms with Crippen LogP contribution in [-0.2, 0) is 0 Å². The fourth-order valence-corrected chi connectivity index (χ4v) is 1.36. The molecule has 12 heavy (non-hydrogen) atoms. The van der Waals surface area contributed by atoms with Gasteiger partial charge in [0, 0.05) is 5.41 Å². The SMILES string of the molecule is CC1(C)C=CC=C2NNNC2=C1. The number of allylic oxidation sites excluding steroid dienone is 4. The van der Waals surface area contributed by atoms with Crippen molar-refractivity contribution in [2.45, 2.75) is 13.8 Å². The Labute approximate surface area is 72.2 Å². The summed E-state index contributed by atoms with van der Waals surface area (Å²) < 4.78 is 0. The van der Waals surface area contributed by atoms with Crippen LogP contribution in [0.5, 0.6) is 0 Å². The largest absolute Gasteiger partial charge is 0.302 e. The highest BCUT2D eigenvalue weighted by Crippen LogP contribution is 2.25. The van der Waals surface area contributed by atoms with E-state index in [1.54, 1.807) is 0 Å². The summed E-state index contributed by atoms with van der Waals surface area (Å²) in [6.45, 7) is 4.35. The molecule has 2 rings (SSSR count). The molecule has 1 aliphatic heterocycles. The van der Waals surface area contributed by atoms with E-state index in [-0.39, 0.29) is 5.41 Å². The van der Waals surface area contributed by atoms with Gasteiger partial charge in [-0.3, -0.25) is 0 Å². The Kier molecular flexibility index (Phi) is 1.48. The lowest BCUT2D eigenvalue weighted by Gasteiger charge is -2.14. The standard InChI is InChI=1S/C9H13N3/c1-9(2)5-3-4-7-8(6-9)11-12-10-7/h3-6,10-12H,1-2H3. The van der Waals surface area contributed by atoms with E-state index in [0.29, 0.717) is 0 Å². The number of hydrogen-bond acceptors (Lipinski definition) is 3. The highest BCUT2D eigenvalue weighted by molar-refractivity contribution is 5.38. The summed E-state index contributed by atoms with van der Waals surface area (Å²) in [6.07, 6.45) is 8.48. The molecule has 0 atom stereocenters. The molecule has 0 aromatic carbocycles. The van der Waals surface area contributed by atoms with Crippen LogP contribution in [0.1, 0.15) is 13.8 Å². The predicted octanol–water partition coefficient (Wildman–Crippen LogP) is 0.963. The van der Waals surface area contributed by atoms with Crippen molar-refractivity contribution in [1.29, 1.82) is 0 Å². The molecule has 64 valence electrons. The van der Waals surface area contributed by atoms with Crippen molar-refractivity contribution < 1.29 is 0 Å². The Morgan fingerprint density at radius 3 is 2.75 bits per heavy atom. The number of hydrazine groups is 2. The van der Waals surface area contributed by atoms with E-state index < -0.39 is 0 Å². The predicted molar refractivity (Wildman–Crippen MR) is 48.5 cm³/mol. The maximum Gasteiger partial charge on any atom is 0.0747 e. The van der Waals surface area contributed by atoms with E-state index in [1.165, 1.54) is 0 Å². The Balaban J connectivity index is 2.40. The lowest BCUT2D eigenvalue weighted by molar-refractivity contribution is 0.594. The molecule has 0 radical (unpaired) electrons. The van der Waals surface area contributed by atoms with Gasteiger partial charge >= 0.3 is 0 Å². The lowest BCUT2D eigenvalue weighted by Crippen LogP contribution is -2.29. The van der Waals surface area contributed by atoms with Crippen molar-refractivity contribution >= 4 is 0 Å². The van der Waals surface area contributed by atoms with Gasteiger partial charge in [-0.2, -0.15) is 0 Å². The third-order valence-electron chi connectivity index (χ3n) is 1.99. The molecule has 1 aliphatic carbocycles. The Morgan fingerprint density at radius 2 is 1.92 bits per heavy atom. The zero-order valence-electron chi connectivity index (χ0n) is 7.31. The molecule has 0 spiro atoms. The molecular formula is C9H13N3. The third-order valence-corrected chi connectivity index (χ3v) is 1.99. The molecule has 3 N–H and O–H groups in total. The summed E-state index contributed by atoms with van der Waals surface area (Å²) in [5, 5.41) is 0. The van der Waals surface area contributed by atoms with E-state index in [4.69, 9.17) is 0 Å². The van der Waals surface area contributed by atoms with Crippen LogP contribution in [0.2, 0.25) is 0 Å². The minimum atomic E-state index is 0.119. The van der Waals surface area contributed by atoms with Crippen molar-refractivity contribution in [2.75, 3.05) is 0 Å². The number of nitrogens with one attached hydrogen (secondary N) is 3. The molecule has 3 nitrogen and oxygen atoms in total. The number of fused-ring (bicyclic) bond motifs is 1. The summed E-state index contributed by atoms with van der Waals surface area (Å²) in [6, 6.07) is 0. The van der Waals surface area contributed by atoms with E-state index in [0.717, 1.165) is 11.4 Å². The van der Waals surface area contributed by atoms with Gasteiger partial charge < -0.3 is 10.9 Å². The fourth-order valence-electron chi connectivity index (χ4n) is 1.36. The lowest BCUT2D eigenvalue weighted by atomic mass is 9.92. The highest BCUT2D eigenvalue weighted by atomic mass is 15.6. The van der Waals surface area contributed by atoms with Crippen molar-refractivity contribution in [3.05, 3.63) is 35.7 Å². The van der Waals surface area contributed by atoms with Crippen LogP contribution < -0.4 is 16.4 Å². The first-order valence-electron chi connectivity index (χ1n) is 4.07. The Hall–Kier alpha value is -1.22. The van der Waals surface area contributed by atoms with Gasteiger partial charge in [-0.1, -0.05) is 26.0 Å². The second-order valence-corrected chi connectivity index (χ2v) is 3.69. The van der Waals surface area contributed by atoms with Crippen LogP contribution in [0, 0.1) is 5.41 Å². The van der Waals surface area contributed by atoms with Gasteiger partial charge in [0.2, 0.25) is 0 Å². The first kappa shape index (κ1) is 7.43. The first-order chi connectivity index (χ1) is 5.67. The van der Waals surface area contributed by atoms with Gasteiger partial charge in [-0.25, -0.2) is 0 Å². The average Bonchev–Trinajstić information content (AvgIpc) is 2.31. The highest BCUT2D eigenvalue weighted by Gasteiger charge is 2.19. The molecule has 1 fully saturated rings. The van der Waals surface area contributed by atoms with Gasteiger partial charge in [-0.15, -0.1) is 5.53 Å². The second-order valence-electron chi connectivity index (χ2n) is 3.69. The van der Waals surface area contributed by atoms with Crippen molar-refractivity contribution in [2.24, 2.45) is 5.41 Å². The normalized spacial score (nSPS) is 24.5. The second kappa shape index (κ2) is 2.38. The molecular weight excluding hydrogens is 150 g/mol. The summed E-state index contributed by atoms with van der Waals surface area (Å²) >= 11 is 0. The topological polar surface area (TPSA) is 36.1 Å². The monoisotopic (exact) mass is 163 g/mol. The molecule has 2 aliphatic rings. The third kappa shape index (κ3) is 1.23. The fraction of sp³-hybridized carbons (Fsp3) is 0.333. The van der Waals surface area contributed by atoms with E-state index in [9.17, 15) is 0 Å². The van der Waals surface area contributed by atoms with E-state index >= 15 is 0 Å². The summed E-state index contributed by atoms with van der Waals surface area (Å²) in [5.41, 5.74) is 11.3. The van der Waals surface area contributed by atoms with Crippen molar-refractivity contribution in [1.82, 2.24) is 16.4 Å². The van der Waals surface area contributed by atoms with E-state index in [1.807, 2.05) is 6.08 Å². The first-order valence-corrected chi connectivity index (χ1v) is 4.07. The van der Waals surface area contributed by atoms with E-state index in [2.05, 4.69) is 48.5 Å². The molecule has 1 heterocycles. The van der Waals surface area contributed by atoms with Crippen LogP contribution in [0.15, 0.2) is 35.7 Å². The quantitative estimate of drug-likeness (QED) is 0.498. The zero-order chi connectivity index (χ0) is 8.60. The molecule has 0 unspecified atom stereocenters. The molecule has 0 aromatic heterocycles. The maximum atomic E-state index is 3.05. The summed E-state index contributed by atoms with van der Waals surface area (Å²) in [7, 11) is 0. The molecule has 0 aromatic rings. The zero-order valence-corrected chi connectivity index (χ0v) is 7.31.